The number of nitrogens with zero attached hydrogens (tertiary/aromatic N) is 3. The van der Waals surface area contributed by atoms with Crippen molar-refractivity contribution in [3.63, 3.8) is 0 Å². The summed E-state index contributed by atoms with van der Waals surface area (Å²) in [4.78, 5) is 7.96. The number of fused-ring (bicyclic) bond motifs is 1. The van der Waals surface area contributed by atoms with Crippen molar-refractivity contribution < 1.29 is 0 Å². The molecule has 0 aromatic carbocycles. The molecular weight excluding hydrogens is 208 g/mol. The molecule has 1 fully saturated rings. The van der Waals surface area contributed by atoms with E-state index in [1.807, 2.05) is 6.20 Å². The van der Waals surface area contributed by atoms with Crippen LogP contribution in [0.1, 0.15) is 0 Å². The predicted molar refractivity (Wildman–Crippen MR) is 62.5 cm³/mol. The second kappa shape index (κ2) is 3.75. The Kier molecular flexibility index (Phi) is 2.26. The van der Waals surface area contributed by atoms with Crippen molar-refractivity contribution in [2.45, 2.75) is 0 Å². The Bertz CT molecular complexity index is 461. The first-order valence-corrected chi connectivity index (χ1v) is 5.88. The van der Waals surface area contributed by atoms with Crippen LogP contribution in [-0.4, -0.2) is 35.5 Å². The fraction of sp³-hybridized carbons (Fsp3) is 0.400. The van der Waals surface area contributed by atoms with Gasteiger partial charge in [0.05, 0.1) is 6.20 Å². The molecule has 0 radical (unpaired) electrons. The summed E-state index contributed by atoms with van der Waals surface area (Å²) in [6, 6.07) is 4.19. The highest BCUT2D eigenvalue weighted by atomic mass is 32.1. The van der Waals surface area contributed by atoms with Gasteiger partial charge in [0.25, 0.3) is 0 Å². The summed E-state index contributed by atoms with van der Waals surface area (Å²) in [5.74, 6) is 1.08. The summed E-state index contributed by atoms with van der Waals surface area (Å²) < 4.78 is 4.14. The normalized spacial score (nSPS) is 17.2. The third-order valence-corrected chi connectivity index (χ3v) is 3.36. The Labute approximate surface area is 92.1 Å². The van der Waals surface area contributed by atoms with Gasteiger partial charge >= 0.3 is 0 Å². The molecule has 3 heterocycles. The van der Waals surface area contributed by atoms with Gasteiger partial charge in [-0.2, -0.15) is 4.37 Å². The SMILES string of the molecule is c1cc2cnsc2nc1N1CCNCC1. The van der Waals surface area contributed by atoms with Gasteiger partial charge in [-0.05, 0) is 23.7 Å². The molecule has 78 valence electrons. The standard InChI is InChI=1S/C10H12N4S/c1-2-9(14-5-3-11-4-6-14)13-10-8(1)7-12-15-10/h1-2,7,11H,3-6H2. The minimum atomic E-state index is 1.03. The second-order valence-corrected chi connectivity index (χ2v) is 4.41. The van der Waals surface area contributed by atoms with Crippen molar-refractivity contribution >= 4 is 27.6 Å². The Hall–Kier alpha value is -1.20. The molecule has 1 aliphatic heterocycles. The summed E-state index contributed by atoms with van der Waals surface area (Å²) in [5, 5.41) is 4.48. The van der Waals surface area contributed by atoms with Crippen molar-refractivity contribution in [2.75, 3.05) is 31.1 Å². The van der Waals surface area contributed by atoms with Gasteiger partial charge in [0.15, 0.2) is 0 Å². The Morgan fingerprint density at radius 1 is 1.27 bits per heavy atom. The van der Waals surface area contributed by atoms with E-state index in [0.717, 1.165) is 42.2 Å². The zero-order valence-corrected chi connectivity index (χ0v) is 9.13. The van der Waals surface area contributed by atoms with Crippen LogP contribution in [0.5, 0.6) is 0 Å². The zero-order chi connectivity index (χ0) is 10.1. The number of pyridine rings is 1. The van der Waals surface area contributed by atoms with E-state index >= 15 is 0 Å². The molecule has 15 heavy (non-hydrogen) atoms. The summed E-state index contributed by atoms with van der Waals surface area (Å²) >= 11 is 1.46. The molecular formula is C10H12N4S. The first-order chi connectivity index (χ1) is 7.43. The van der Waals surface area contributed by atoms with Crippen LogP contribution in [0.25, 0.3) is 10.2 Å². The van der Waals surface area contributed by atoms with Gasteiger partial charge in [0.2, 0.25) is 0 Å². The van der Waals surface area contributed by atoms with Crippen molar-refractivity contribution in [1.29, 1.82) is 0 Å². The molecule has 0 aliphatic carbocycles. The minimum Gasteiger partial charge on any atom is -0.354 e. The molecule has 0 bridgehead atoms. The summed E-state index contributed by atoms with van der Waals surface area (Å²) in [5.41, 5.74) is 0. The number of aromatic nitrogens is 2. The number of nitrogens with one attached hydrogen (secondary N) is 1. The Morgan fingerprint density at radius 2 is 2.13 bits per heavy atom. The first-order valence-electron chi connectivity index (χ1n) is 5.10. The number of anilines is 1. The van der Waals surface area contributed by atoms with Gasteiger partial charge in [0.1, 0.15) is 10.6 Å². The fourth-order valence-electron chi connectivity index (χ4n) is 1.82. The lowest BCUT2D eigenvalue weighted by Crippen LogP contribution is -2.43. The maximum Gasteiger partial charge on any atom is 0.145 e. The molecule has 0 amide bonds. The molecule has 0 atom stereocenters. The molecule has 5 heteroatoms. The molecule has 0 spiro atoms. The molecule has 4 nitrogen and oxygen atoms in total. The predicted octanol–water partition coefficient (Wildman–Crippen LogP) is 1.10. The molecule has 1 N–H and O–H groups in total. The molecule has 2 aromatic heterocycles. The van der Waals surface area contributed by atoms with Crippen LogP contribution < -0.4 is 10.2 Å². The second-order valence-electron chi connectivity index (χ2n) is 3.63. The lowest BCUT2D eigenvalue weighted by Gasteiger charge is -2.28. The van der Waals surface area contributed by atoms with E-state index in [4.69, 9.17) is 0 Å². The van der Waals surface area contributed by atoms with Gasteiger partial charge in [0, 0.05) is 31.6 Å². The molecule has 1 saturated heterocycles. The highest BCUT2D eigenvalue weighted by Gasteiger charge is 2.12. The first kappa shape index (κ1) is 9.06. The topological polar surface area (TPSA) is 41.1 Å². The summed E-state index contributed by atoms with van der Waals surface area (Å²) in [7, 11) is 0. The van der Waals surface area contributed by atoms with Gasteiger partial charge in [-0.3, -0.25) is 0 Å². The highest BCUT2D eigenvalue weighted by molar-refractivity contribution is 7.12. The fourth-order valence-corrected chi connectivity index (χ4v) is 2.44. The molecule has 2 aromatic rings. The van der Waals surface area contributed by atoms with Crippen molar-refractivity contribution in [2.24, 2.45) is 0 Å². The Balaban J connectivity index is 1.95. The van der Waals surface area contributed by atoms with Gasteiger partial charge in [-0.25, -0.2) is 4.98 Å². The molecule has 3 rings (SSSR count). The maximum absolute atomic E-state index is 4.61. The largest absolute Gasteiger partial charge is 0.354 e. The van der Waals surface area contributed by atoms with Crippen molar-refractivity contribution in [3.05, 3.63) is 18.3 Å². The van der Waals surface area contributed by atoms with Gasteiger partial charge < -0.3 is 10.2 Å². The van der Waals surface area contributed by atoms with Crippen molar-refractivity contribution in [1.82, 2.24) is 14.7 Å². The maximum atomic E-state index is 4.61. The number of rotatable bonds is 1. The monoisotopic (exact) mass is 220 g/mol. The van der Waals surface area contributed by atoms with Crippen LogP contribution in [0.15, 0.2) is 18.3 Å². The van der Waals surface area contributed by atoms with E-state index in [1.165, 1.54) is 11.5 Å². The van der Waals surface area contributed by atoms with E-state index in [2.05, 4.69) is 31.7 Å². The van der Waals surface area contributed by atoms with E-state index < -0.39 is 0 Å². The quantitative estimate of drug-likeness (QED) is 0.781. The lowest BCUT2D eigenvalue weighted by atomic mass is 10.3. The number of hydrogen-bond acceptors (Lipinski definition) is 5. The van der Waals surface area contributed by atoms with Gasteiger partial charge in [-0.15, -0.1) is 0 Å². The van der Waals surface area contributed by atoms with Crippen LogP contribution in [0.4, 0.5) is 5.82 Å². The van der Waals surface area contributed by atoms with Crippen LogP contribution in [0.3, 0.4) is 0 Å². The molecule has 1 aliphatic rings. The van der Waals surface area contributed by atoms with E-state index in [9.17, 15) is 0 Å². The average Bonchev–Trinajstić information content (AvgIpc) is 2.77. The van der Waals surface area contributed by atoms with E-state index in [1.54, 1.807) is 0 Å². The minimum absolute atomic E-state index is 1.03. The number of piperazine rings is 1. The van der Waals surface area contributed by atoms with Crippen LogP contribution in [0.2, 0.25) is 0 Å². The van der Waals surface area contributed by atoms with E-state index in [-0.39, 0.29) is 0 Å². The summed E-state index contributed by atoms with van der Waals surface area (Å²) in [6.07, 6.45) is 1.87. The summed E-state index contributed by atoms with van der Waals surface area (Å²) in [6.45, 7) is 4.17. The number of hydrogen-bond donors (Lipinski definition) is 1. The zero-order valence-electron chi connectivity index (χ0n) is 8.31. The highest BCUT2D eigenvalue weighted by Crippen LogP contribution is 2.20. The third-order valence-electron chi connectivity index (χ3n) is 2.65. The average molecular weight is 220 g/mol. The van der Waals surface area contributed by atoms with E-state index in [0.29, 0.717) is 0 Å². The molecule has 0 saturated carbocycles. The van der Waals surface area contributed by atoms with Crippen LogP contribution in [0, 0.1) is 0 Å². The third kappa shape index (κ3) is 1.68. The smallest absolute Gasteiger partial charge is 0.145 e. The lowest BCUT2D eigenvalue weighted by molar-refractivity contribution is 0.585. The van der Waals surface area contributed by atoms with Crippen LogP contribution >= 0.6 is 11.5 Å². The van der Waals surface area contributed by atoms with Crippen molar-refractivity contribution in [3.8, 4) is 0 Å². The molecule has 0 unspecified atom stereocenters. The Morgan fingerprint density at radius 3 is 3.00 bits per heavy atom. The van der Waals surface area contributed by atoms with Gasteiger partial charge in [-0.1, -0.05) is 0 Å². The van der Waals surface area contributed by atoms with Crippen LogP contribution in [-0.2, 0) is 0 Å².